The lowest BCUT2D eigenvalue weighted by atomic mass is 10.2. The van der Waals surface area contributed by atoms with Gasteiger partial charge in [-0.05, 0) is 12.5 Å². The second-order valence-corrected chi connectivity index (χ2v) is 6.07. The lowest BCUT2D eigenvalue weighted by Gasteiger charge is -2.31. The van der Waals surface area contributed by atoms with Crippen molar-refractivity contribution in [3.63, 3.8) is 0 Å². The van der Waals surface area contributed by atoms with Gasteiger partial charge in [-0.1, -0.05) is 13.0 Å². The van der Waals surface area contributed by atoms with E-state index in [1.165, 1.54) is 6.07 Å². The Morgan fingerprint density at radius 3 is 3.12 bits per heavy atom. The van der Waals surface area contributed by atoms with Crippen molar-refractivity contribution in [1.29, 1.82) is 0 Å². The summed E-state index contributed by atoms with van der Waals surface area (Å²) in [5, 5.41) is 7.13. The molecule has 1 aliphatic heterocycles. The monoisotopic (exact) mass is 345 g/mol. The number of pyridine rings is 1. The minimum Gasteiger partial charge on any atom is -0.366 e. The number of nitrogens with one attached hydrogen (secondary N) is 1. The number of carbonyl (C=O) groups is 1. The third-order valence-electron chi connectivity index (χ3n) is 4.21. The van der Waals surface area contributed by atoms with E-state index in [2.05, 4.69) is 22.1 Å². The highest BCUT2D eigenvalue weighted by molar-refractivity contribution is 5.76. The summed E-state index contributed by atoms with van der Waals surface area (Å²) >= 11 is 0. The zero-order valence-electron chi connectivity index (χ0n) is 14.4. The van der Waals surface area contributed by atoms with Crippen molar-refractivity contribution >= 4 is 5.91 Å². The summed E-state index contributed by atoms with van der Waals surface area (Å²) in [6.07, 6.45) is 3.50. The van der Waals surface area contributed by atoms with Gasteiger partial charge in [0.05, 0.1) is 13.2 Å². The lowest BCUT2D eigenvalue weighted by molar-refractivity contribution is -0.139. The second kappa shape index (κ2) is 8.06. The Hall–Kier alpha value is -2.48. The number of aryl methyl sites for hydroxylation is 2. The molecule has 0 bridgehead atoms. The number of rotatable bonds is 6. The molecule has 0 radical (unpaired) electrons. The number of H-pyrrole nitrogens is 1. The van der Waals surface area contributed by atoms with Gasteiger partial charge < -0.3 is 14.2 Å². The highest BCUT2D eigenvalue weighted by atomic mass is 16.5. The van der Waals surface area contributed by atoms with Crippen LogP contribution in [0.2, 0.25) is 0 Å². The van der Waals surface area contributed by atoms with Crippen molar-refractivity contribution in [2.75, 3.05) is 19.7 Å². The summed E-state index contributed by atoms with van der Waals surface area (Å²) < 4.78 is 7.27. The van der Waals surface area contributed by atoms with E-state index in [-0.39, 0.29) is 24.0 Å². The summed E-state index contributed by atoms with van der Waals surface area (Å²) in [5.74, 6) is 1.45. The molecular weight excluding hydrogens is 322 g/mol. The minimum absolute atomic E-state index is 0.00775. The quantitative estimate of drug-likeness (QED) is 0.840. The van der Waals surface area contributed by atoms with Gasteiger partial charge in [0.25, 0.3) is 5.56 Å². The van der Waals surface area contributed by atoms with Crippen LogP contribution >= 0.6 is 0 Å². The molecule has 1 aliphatic rings. The van der Waals surface area contributed by atoms with Crippen LogP contribution in [-0.4, -0.2) is 50.3 Å². The van der Waals surface area contributed by atoms with Crippen molar-refractivity contribution in [2.24, 2.45) is 0 Å². The Balaban J connectivity index is 1.57. The molecular formula is C17H23N5O3. The van der Waals surface area contributed by atoms with Gasteiger partial charge in [0, 0.05) is 38.2 Å². The van der Waals surface area contributed by atoms with E-state index in [0.717, 1.165) is 18.7 Å². The first-order chi connectivity index (χ1) is 12.2. The first kappa shape index (κ1) is 17.3. The number of ether oxygens (including phenoxy) is 1. The predicted octanol–water partition coefficient (Wildman–Crippen LogP) is 0.909. The van der Waals surface area contributed by atoms with E-state index in [4.69, 9.17) is 4.74 Å². The lowest BCUT2D eigenvalue weighted by Crippen LogP contribution is -2.43. The van der Waals surface area contributed by atoms with Crippen LogP contribution in [-0.2, 0) is 22.5 Å². The number of aromatic nitrogens is 4. The Bertz CT molecular complexity index is 769. The van der Waals surface area contributed by atoms with Crippen molar-refractivity contribution in [3.05, 3.63) is 46.4 Å². The molecule has 1 amide bonds. The highest BCUT2D eigenvalue weighted by Crippen LogP contribution is 2.20. The van der Waals surface area contributed by atoms with Crippen LogP contribution in [0.15, 0.2) is 29.2 Å². The molecule has 3 heterocycles. The fourth-order valence-electron chi connectivity index (χ4n) is 2.85. The summed E-state index contributed by atoms with van der Waals surface area (Å²) in [6.45, 7) is 3.90. The van der Waals surface area contributed by atoms with Gasteiger partial charge >= 0.3 is 0 Å². The van der Waals surface area contributed by atoms with E-state index in [0.29, 0.717) is 32.1 Å². The fourth-order valence-corrected chi connectivity index (χ4v) is 2.85. The van der Waals surface area contributed by atoms with Crippen LogP contribution in [0.4, 0.5) is 0 Å². The van der Waals surface area contributed by atoms with Crippen LogP contribution < -0.4 is 5.56 Å². The average Bonchev–Trinajstić information content (AvgIpc) is 3.10. The van der Waals surface area contributed by atoms with E-state index in [1.807, 2.05) is 0 Å². The molecule has 1 saturated heterocycles. The molecule has 0 aliphatic carbocycles. The summed E-state index contributed by atoms with van der Waals surface area (Å²) in [6, 6.07) is 4.97. The van der Waals surface area contributed by atoms with Gasteiger partial charge in [0.2, 0.25) is 5.91 Å². The number of hydrogen-bond acceptors (Lipinski definition) is 5. The topological polar surface area (TPSA) is 93.1 Å². The second-order valence-electron chi connectivity index (χ2n) is 6.07. The first-order valence-electron chi connectivity index (χ1n) is 8.63. The van der Waals surface area contributed by atoms with Crippen molar-refractivity contribution in [2.45, 2.75) is 38.8 Å². The summed E-state index contributed by atoms with van der Waals surface area (Å²) in [4.78, 5) is 30.4. The number of aromatic amines is 1. The largest absolute Gasteiger partial charge is 0.366 e. The number of amides is 1. The number of carbonyl (C=O) groups excluding carboxylic acids is 1. The van der Waals surface area contributed by atoms with Crippen LogP contribution in [0, 0.1) is 0 Å². The van der Waals surface area contributed by atoms with Crippen LogP contribution in [0.5, 0.6) is 0 Å². The summed E-state index contributed by atoms with van der Waals surface area (Å²) in [7, 11) is 0. The third kappa shape index (κ3) is 4.33. The molecule has 2 aromatic rings. The molecule has 3 rings (SSSR count). The Labute approximate surface area is 145 Å². The number of nitrogens with zero attached hydrogens (tertiary/aromatic N) is 4. The van der Waals surface area contributed by atoms with Crippen LogP contribution in [0.25, 0.3) is 0 Å². The normalized spacial score (nSPS) is 17.6. The maximum absolute atomic E-state index is 12.5. The molecule has 1 N–H and O–H groups in total. The molecule has 134 valence electrons. The Morgan fingerprint density at radius 2 is 2.32 bits per heavy atom. The molecule has 2 aromatic heterocycles. The molecule has 8 nitrogen and oxygen atoms in total. The van der Waals surface area contributed by atoms with Crippen molar-refractivity contribution < 1.29 is 9.53 Å². The fraction of sp³-hybridized carbons (Fsp3) is 0.529. The van der Waals surface area contributed by atoms with Crippen molar-refractivity contribution in [1.82, 2.24) is 24.6 Å². The zero-order valence-corrected chi connectivity index (χ0v) is 14.4. The Morgan fingerprint density at radius 1 is 1.44 bits per heavy atom. The summed E-state index contributed by atoms with van der Waals surface area (Å²) in [5.41, 5.74) is -0.0978. The molecule has 0 saturated carbocycles. The number of hydrogen-bond donors (Lipinski definition) is 1. The van der Waals surface area contributed by atoms with E-state index < -0.39 is 0 Å². The van der Waals surface area contributed by atoms with Crippen LogP contribution in [0.3, 0.4) is 0 Å². The average molecular weight is 345 g/mol. The molecule has 1 fully saturated rings. The molecule has 8 heteroatoms. The third-order valence-corrected chi connectivity index (χ3v) is 4.21. The molecule has 0 aromatic carbocycles. The molecule has 1 atom stereocenters. The maximum atomic E-state index is 12.5. The van der Waals surface area contributed by atoms with Crippen molar-refractivity contribution in [3.8, 4) is 0 Å². The minimum atomic E-state index is -0.306. The van der Waals surface area contributed by atoms with E-state index >= 15 is 0 Å². The smallest absolute Gasteiger partial charge is 0.250 e. The van der Waals surface area contributed by atoms with Gasteiger partial charge in [-0.3, -0.25) is 14.7 Å². The van der Waals surface area contributed by atoms with E-state index in [9.17, 15) is 9.59 Å². The van der Waals surface area contributed by atoms with Gasteiger partial charge in [0.15, 0.2) is 5.82 Å². The van der Waals surface area contributed by atoms with Gasteiger partial charge in [0.1, 0.15) is 11.9 Å². The van der Waals surface area contributed by atoms with E-state index in [1.54, 1.807) is 27.8 Å². The zero-order chi connectivity index (χ0) is 17.6. The van der Waals surface area contributed by atoms with Gasteiger partial charge in [-0.15, -0.1) is 0 Å². The van der Waals surface area contributed by atoms with Gasteiger partial charge in [-0.2, -0.15) is 5.10 Å². The van der Waals surface area contributed by atoms with Crippen LogP contribution in [0.1, 0.15) is 37.5 Å². The highest BCUT2D eigenvalue weighted by Gasteiger charge is 2.27. The molecule has 25 heavy (non-hydrogen) atoms. The first-order valence-corrected chi connectivity index (χ1v) is 8.63. The molecule has 0 spiro atoms. The SMILES string of the molecule is CCCc1nc([C@H]2CN(C(=O)CCn3ccccc3=O)CCO2)n[nH]1. The predicted molar refractivity (Wildman–Crippen MR) is 91.0 cm³/mol. The molecule has 0 unspecified atom stereocenters. The number of morpholine rings is 1. The standard InChI is InChI=1S/C17H23N5O3/c1-2-5-14-18-17(20-19-14)13-12-22(10-11-25-13)16(24)7-9-21-8-4-3-6-15(21)23/h3-4,6,8,13H,2,5,7,9-12H2,1H3,(H,18,19,20)/t13-/m1/s1. The Kier molecular flexibility index (Phi) is 5.60. The van der Waals surface area contributed by atoms with Gasteiger partial charge in [-0.25, -0.2) is 4.98 Å². The maximum Gasteiger partial charge on any atom is 0.250 e.